The largest absolute Gasteiger partial charge is 0.508 e. The van der Waals surface area contributed by atoms with E-state index < -0.39 is 0 Å². The van der Waals surface area contributed by atoms with E-state index in [0.29, 0.717) is 13.1 Å². The molecule has 4 N–H and O–H groups in total. The number of aromatic hydroxyl groups is 2. The van der Waals surface area contributed by atoms with Crippen LogP contribution in [0.4, 0.5) is 4.79 Å². The van der Waals surface area contributed by atoms with Crippen molar-refractivity contribution in [3.05, 3.63) is 59.7 Å². The lowest BCUT2D eigenvalue weighted by Crippen LogP contribution is -2.34. The van der Waals surface area contributed by atoms with Crippen LogP contribution in [-0.4, -0.2) is 16.2 Å². The van der Waals surface area contributed by atoms with Crippen LogP contribution in [0.15, 0.2) is 48.5 Å². The molecule has 2 rings (SSSR count). The second kappa shape index (κ2) is 6.47. The number of phenols is 2. The molecule has 2 amide bonds. The van der Waals surface area contributed by atoms with Crippen LogP contribution in [0, 0.1) is 0 Å². The van der Waals surface area contributed by atoms with E-state index >= 15 is 0 Å². The number of hydrogen-bond acceptors (Lipinski definition) is 3. The summed E-state index contributed by atoms with van der Waals surface area (Å²) in [4.78, 5) is 11.6. The molecule has 2 aromatic rings. The van der Waals surface area contributed by atoms with Crippen LogP contribution < -0.4 is 10.6 Å². The molecule has 0 atom stereocenters. The van der Waals surface area contributed by atoms with Crippen molar-refractivity contribution in [2.75, 3.05) is 0 Å². The minimum Gasteiger partial charge on any atom is -0.508 e. The van der Waals surface area contributed by atoms with Crippen molar-refractivity contribution in [3.8, 4) is 11.5 Å². The Hall–Kier alpha value is -2.69. The molecule has 104 valence electrons. The number of amides is 2. The van der Waals surface area contributed by atoms with Gasteiger partial charge >= 0.3 is 6.03 Å². The summed E-state index contributed by atoms with van der Waals surface area (Å²) < 4.78 is 0. The number of nitrogens with one attached hydrogen (secondary N) is 2. The minimum atomic E-state index is -0.272. The lowest BCUT2D eigenvalue weighted by Gasteiger charge is -2.08. The van der Waals surface area contributed by atoms with Gasteiger partial charge in [0, 0.05) is 13.1 Å². The number of benzene rings is 2. The van der Waals surface area contributed by atoms with Gasteiger partial charge in [-0.2, -0.15) is 0 Å². The van der Waals surface area contributed by atoms with Crippen molar-refractivity contribution in [1.29, 1.82) is 0 Å². The van der Waals surface area contributed by atoms with Gasteiger partial charge in [-0.3, -0.25) is 0 Å². The molecule has 20 heavy (non-hydrogen) atoms. The molecule has 0 aliphatic rings. The number of phenolic OH excluding ortho intramolecular Hbond substituents is 2. The van der Waals surface area contributed by atoms with Crippen molar-refractivity contribution in [3.63, 3.8) is 0 Å². The zero-order chi connectivity index (χ0) is 14.4. The standard InChI is InChI=1S/C15H16N2O3/c18-13-5-1-11(2-6-13)9-16-15(20)17-10-12-3-7-14(19)8-4-12/h1-8,18-19H,9-10H2,(H2,16,17,20). The summed E-state index contributed by atoms with van der Waals surface area (Å²) in [5, 5.41) is 23.7. The van der Waals surface area contributed by atoms with E-state index in [4.69, 9.17) is 10.2 Å². The van der Waals surface area contributed by atoms with Crippen LogP contribution in [0.1, 0.15) is 11.1 Å². The zero-order valence-electron chi connectivity index (χ0n) is 10.8. The Morgan fingerprint density at radius 2 is 1.10 bits per heavy atom. The third-order valence-corrected chi connectivity index (χ3v) is 2.78. The maximum Gasteiger partial charge on any atom is 0.315 e. The third-order valence-electron chi connectivity index (χ3n) is 2.78. The second-order valence-corrected chi connectivity index (χ2v) is 4.37. The Kier molecular flexibility index (Phi) is 4.44. The molecule has 0 fully saturated rings. The highest BCUT2D eigenvalue weighted by molar-refractivity contribution is 5.73. The van der Waals surface area contributed by atoms with Gasteiger partial charge in [0.1, 0.15) is 11.5 Å². The molecule has 0 aliphatic carbocycles. The Balaban J connectivity index is 1.75. The van der Waals surface area contributed by atoms with E-state index in [1.165, 1.54) is 0 Å². The van der Waals surface area contributed by atoms with Crippen LogP contribution in [-0.2, 0) is 13.1 Å². The maximum atomic E-state index is 11.6. The van der Waals surface area contributed by atoms with Gasteiger partial charge in [-0.1, -0.05) is 24.3 Å². The SMILES string of the molecule is O=C(NCc1ccc(O)cc1)NCc1ccc(O)cc1. The molecular formula is C15H16N2O3. The lowest BCUT2D eigenvalue weighted by atomic mass is 10.2. The zero-order valence-corrected chi connectivity index (χ0v) is 10.8. The fourth-order valence-electron chi connectivity index (χ4n) is 1.65. The summed E-state index contributed by atoms with van der Waals surface area (Å²) in [6.45, 7) is 0.781. The molecule has 0 aliphatic heterocycles. The fraction of sp³-hybridized carbons (Fsp3) is 0.133. The van der Waals surface area contributed by atoms with Gasteiger partial charge in [0.15, 0.2) is 0 Å². The fourth-order valence-corrected chi connectivity index (χ4v) is 1.65. The van der Waals surface area contributed by atoms with E-state index in [0.717, 1.165) is 11.1 Å². The van der Waals surface area contributed by atoms with E-state index in [9.17, 15) is 4.79 Å². The molecule has 2 aromatic carbocycles. The number of carbonyl (C=O) groups excluding carboxylic acids is 1. The Bertz CT molecular complexity index is 513. The van der Waals surface area contributed by atoms with Gasteiger partial charge in [-0.25, -0.2) is 4.79 Å². The van der Waals surface area contributed by atoms with Gasteiger partial charge in [0.2, 0.25) is 0 Å². The molecule has 0 aromatic heterocycles. The van der Waals surface area contributed by atoms with Crippen LogP contribution >= 0.6 is 0 Å². The molecule has 0 radical (unpaired) electrons. The monoisotopic (exact) mass is 272 g/mol. The van der Waals surface area contributed by atoms with E-state index in [2.05, 4.69) is 10.6 Å². The second-order valence-electron chi connectivity index (χ2n) is 4.37. The van der Waals surface area contributed by atoms with E-state index in [-0.39, 0.29) is 17.5 Å². The molecular weight excluding hydrogens is 256 g/mol. The van der Waals surface area contributed by atoms with Crippen LogP contribution in [0.2, 0.25) is 0 Å². The number of hydrogen-bond donors (Lipinski definition) is 4. The molecule has 0 heterocycles. The molecule has 0 saturated carbocycles. The molecule has 0 unspecified atom stereocenters. The normalized spacial score (nSPS) is 10.0. The van der Waals surface area contributed by atoms with Gasteiger partial charge in [-0.15, -0.1) is 0 Å². The molecule has 0 spiro atoms. The van der Waals surface area contributed by atoms with Gasteiger partial charge in [0.05, 0.1) is 0 Å². The molecule has 5 heteroatoms. The maximum absolute atomic E-state index is 11.6. The highest BCUT2D eigenvalue weighted by atomic mass is 16.3. The average molecular weight is 272 g/mol. The number of carbonyl (C=O) groups is 1. The summed E-state index contributed by atoms with van der Waals surface area (Å²) in [7, 11) is 0. The van der Waals surface area contributed by atoms with E-state index in [1.807, 2.05) is 0 Å². The third kappa shape index (κ3) is 4.20. The van der Waals surface area contributed by atoms with Crippen LogP contribution in [0.3, 0.4) is 0 Å². The van der Waals surface area contributed by atoms with Crippen molar-refractivity contribution in [1.82, 2.24) is 10.6 Å². The Labute approximate surface area is 116 Å². The predicted octanol–water partition coefficient (Wildman–Crippen LogP) is 2.10. The first kappa shape index (κ1) is 13.7. The summed E-state index contributed by atoms with van der Waals surface area (Å²) in [6.07, 6.45) is 0. The van der Waals surface area contributed by atoms with Crippen molar-refractivity contribution >= 4 is 6.03 Å². The van der Waals surface area contributed by atoms with Crippen molar-refractivity contribution in [2.24, 2.45) is 0 Å². The molecule has 5 nitrogen and oxygen atoms in total. The Morgan fingerprint density at radius 3 is 1.45 bits per heavy atom. The van der Waals surface area contributed by atoms with Crippen molar-refractivity contribution in [2.45, 2.75) is 13.1 Å². The number of urea groups is 1. The lowest BCUT2D eigenvalue weighted by molar-refractivity contribution is 0.240. The Morgan fingerprint density at radius 1 is 0.750 bits per heavy atom. The van der Waals surface area contributed by atoms with Gasteiger partial charge in [0.25, 0.3) is 0 Å². The summed E-state index contributed by atoms with van der Waals surface area (Å²) in [6, 6.07) is 13.0. The van der Waals surface area contributed by atoms with Crippen LogP contribution in [0.25, 0.3) is 0 Å². The first-order chi connectivity index (χ1) is 9.63. The van der Waals surface area contributed by atoms with E-state index in [1.54, 1.807) is 48.5 Å². The quantitative estimate of drug-likeness (QED) is 0.688. The first-order valence-electron chi connectivity index (χ1n) is 6.21. The van der Waals surface area contributed by atoms with Crippen LogP contribution in [0.5, 0.6) is 11.5 Å². The first-order valence-corrected chi connectivity index (χ1v) is 6.21. The predicted molar refractivity (Wildman–Crippen MR) is 75.3 cm³/mol. The van der Waals surface area contributed by atoms with Gasteiger partial charge < -0.3 is 20.8 Å². The highest BCUT2D eigenvalue weighted by Gasteiger charge is 2.01. The summed E-state index contributed by atoms with van der Waals surface area (Å²) in [5.41, 5.74) is 1.81. The molecule has 0 bridgehead atoms. The minimum absolute atomic E-state index is 0.200. The highest BCUT2D eigenvalue weighted by Crippen LogP contribution is 2.10. The topological polar surface area (TPSA) is 81.6 Å². The summed E-state index contributed by atoms with van der Waals surface area (Å²) in [5.74, 6) is 0.399. The molecule has 0 saturated heterocycles. The summed E-state index contributed by atoms with van der Waals surface area (Å²) >= 11 is 0. The van der Waals surface area contributed by atoms with Crippen molar-refractivity contribution < 1.29 is 15.0 Å². The average Bonchev–Trinajstić information content (AvgIpc) is 2.46. The number of rotatable bonds is 4. The van der Waals surface area contributed by atoms with Gasteiger partial charge in [-0.05, 0) is 35.4 Å². The smallest absolute Gasteiger partial charge is 0.315 e.